The summed E-state index contributed by atoms with van der Waals surface area (Å²) in [6, 6.07) is 12.2. The molecule has 0 saturated carbocycles. The van der Waals surface area contributed by atoms with E-state index in [1.807, 2.05) is 31.2 Å². The van der Waals surface area contributed by atoms with E-state index in [1.165, 1.54) is 12.1 Å². The second-order valence-corrected chi connectivity index (χ2v) is 5.25. The second-order valence-electron chi connectivity index (χ2n) is 4.99. The van der Waals surface area contributed by atoms with E-state index in [2.05, 4.69) is 4.98 Å². The molecule has 106 valence electrons. The van der Waals surface area contributed by atoms with Crippen LogP contribution in [0.1, 0.15) is 15.9 Å². The first-order valence-corrected chi connectivity index (χ1v) is 7.11. The first-order valence-electron chi connectivity index (χ1n) is 6.57. The Hall–Kier alpha value is -2.13. The van der Waals surface area contributed by atoms with Crippen molar-refractivity contribution in [2.24, 2.45) is 0 Å². The highest BCUT2D eigenvalue weighted by atomic mass is 35.5. The van der Waals surface area contributed by atoms with Crippen molar-refractivity contribution >= 4 is 28.3 Å². The molecule has 0 amide bonds. The molecule has 0 unspecified atom stereocenters. The fourth-order valence-electron chi connectivity index (χ4n) is 2.46. The van der Waals surface area contributed by atoms with Gasteiger partial charge in [-0.25, -0.2) is 4.39 Å². The Balaban J connectivity index is 2.30. The van der Waals surface area contributed by atoms with Gasteiger partial charge in [0.05, 0.1) is 17.1 Å². The Kier molecular flexibility index (Phi) is 3.52. The summed E-state index contributed by atoms with van der Waals surface area (Å²) in [6.45, 7) is 2.00. The third kappa shape index (κ3) is 2.45. The molecule has 1 heterocycles. The molecule has 0 saturated heterocycles. The van der Waals surface area contributed by atoms with E-state index in [0.29, 0.717) is 16.6 Å². The van der Waals surface area contributed by atoms with Crippen LogP contribution in [0.3, 0.4) is 0 Å². The number of rotatable bonds is 3. The van der Waals surface area contributed by atoms with E-state index in [4.69, 9.17) is 11.6 Å². The van der Waals surface area contributed by atoms with Crippen LogP contribution in [0.4, 0.5) is 4.39 Å². The summed E-state index contributed by atoms with van der Waals surface area (Å²) in [5, 5.41) is 0.566. The quantitative estimate of drug-likeness (QED) is 0.552. The molecule has 0 atom stereocenters. The Morgan fingerprint density at radius 1 is 1.19 bits per heavy atom. The van der Waals surface area contributed by atoms with Gasteiger partial charge in [0, 0.05) is 10.9 Å². The molecule has 4 heteroatoms. The summed E-state index contributed by atoms with van der Waals surface area (Å²) in [4.78, 5) is 15.4. The van der Waals surface area contributed by atoms with Crippen LogP contribution in [0, 0.1) is 12.7 Å². The monoisotopic (exact) mass is 301 g/mol. The number of carbonyl (C=O) groups is 1. The molecule has 21 heavy (non-hydrogen) atoms. The minimum absolute atomic E-state index is 0.137. The molecule has 0 bridgehead atoms. The van der Waals surface area contributed by atoms with E-state index in [0.717, 1.165) is 16.6 Å². The van der Waals surface area contributed by atoms with Crippen molar-refractivity contribution in [1.82, 2.24) is 4.98 Å². The zero-order valence-electron chi connectivity index (χ0n) is 11.4. The number of hydrogen-bond donors (Lipinski definition) is 1. The zero-order chi connectivity index (χ0) is 15.0. The van der Waals surface area contributed by atoms with Gasteiger partial charge in [0.1, 0.15) is 5.82 Å². The zero-order valence-corrected chi connectivity index (χ0v) is 12.2. The van der Waals surface area contributed by atoms with Crippen LogP contribution in [0.15, 0.2) is 42.5 Å². The van der Waals surface area contributed by atoms with Crippen LogP contribution in [-0.2, 0) is 0 Å². The van der Waals surface area contributed by atoms with Crippen LogP contribution < -0.4 is 0 Å². The number of ketones is 1. The van der Waals surface area contributed by atoms with Crippen molar-refractivity contribution in [3.8, 4) is 11.3 Å². The van der Waals surface area contributed by atoms with Gasteiger partial charge in [0.2, 0.25) is 0 Å². The van der Waals surface area contributed by atoms with Crippen LogP contribution in [0.5, 0.6) is 0 Å². The number of benzene rings is 2. The molecular formula is C17H13ClFNO. The Morgan fingerprint density at radius 3 is 2.57 bits per heavy atom. The Labute approximate surface area is 126 Å². The van der Waals surface area contributed by atoms with Gasteiger partial charge >= 0.3 is 0 Å². The van der Waals surface area contributed by atoms with E-state index in [9.17, 15) is 9.18 Å². The smallest absolute Gasteiger partial charge is 0.180 e. The first kappa shape index (κ1) is 13.8. The van der Waals surface area contributed by atoms with Crippen molar-refractivity contribution in [3.63, 3.8) is 0 Å². The molecule has 3 rings (SSSR count). The van der Waals surface area contributed by atoms with Crippen molar-refractivity contribution in [2.45, 2.75) is 6.92 Å². The number of carbonyl (C=O) groups excluding carboxylic acids is 1. The Morgan fingerprint density at radius 2 is 1.90 bits per heavy atom. The van der Waals surface area contributed by atoms with Crippen molar-refractivity contribution in [2.75, 3.05) is 5.88 Å². The largest absolute Gasteiger partial charge is 0.354 e. The van der Waals surface area contributed by atoms with Crippen molar-refractivity contribution in [1.29, 1.82) is 0 Å². The lowest BCUT2D eigenvalue weighted by atomic mass is 10.0. The SMILES string of the molecule is Cc1ccc(-c2[nH]c3ccc(F)cc3c2C(=O)CCl)cc1. The van der Waals surface area contributed by atoms with Crippen LogP contribution in [-0.4, -0.2) is 16.6 Å². The van der Waals surface area contributed by atoms with E-state index < -0.39 is 0 Å². The van der Waals surface area contributed by atoms with E-state index >= 15 is 0 Å². The minimum Gasteiger partial charge on any atom is -0.354 e. The molecule has 0 aliphatic heterocycles. The number of aryl methyl sites for hydroxylation is 1. The van der Waals surface area contributed by atoms with Crippen molar-refractivity contribution in [3.05, 3.63) is 59.4 Å². The summed E-state index contributed by atoms with van der Waals surface area (Å²) in [6.07, 6.45) is 0. The highest BCUT2D eigenvalue weighted by Crippen LogP contribution is 2.31. The fourth-order valence-corrected chi connectivity index (χ4v) is 2.59. The maximum Gasteiger partial charge on any atom is 0.180 e. The van der Waals surface area contributed by atoms with Gasteiger partial charge in [-0.05, 0) is 30.7 Å². The number of halogens is 2. The second kappa shape index (κ2) is 5.34. The van der Waals surface area contributed by atoms with Gasteiger partial charge in [-0.1, -0.05) is 29.8 Å². The topological polar surface area (TPSA) is 32.9 Å². The lowest BCUT2D eigenvalue weighted by Crippen LogP contribution is -2.01. The molecule has 0 aliphatic rings. The third-order valence-electron chi connectivity index (χ3n) is 3.50. The van der Waals surface area contributed by atoms with E-state index in [-0.39, 0.29) is 17.5 Å². The molecule has 0 spiro atoms. The maximum absolute atomic E-state index is 13.5. The van der Waals surface area contributed by atoms with Crippen LogP contribution in [0.25, 0.3) is 22.2 Å². The number of hydrogen-bond acceptors (Lipinski definition) is 1. The predicted octanol–water partition coefficient (Wildman–Crippen LogP) is 4.70. The average molecular weight is 302 g/mol. The number of H-pyrrole nitrogens is 1. The summed E-state index contributed by atoms with van der Waals surface area (Å²) < 4.78 is 13.5. The summed E-state index contributed by atoms with van der Waals surface area (Å²) in [5.74, 6) is -0.729. The van der Waals surface area contributed by atoms with Gasteiger partial charge in [-0.15, -0.1) is 11.6 Å². The van der Waals surface area contributed by atoms with Gasteiger partial charge in [0.25, 0.3) is 0 Å². The first-order chi connectivity index (χ1) is 10.1. The minimum atomic E-state index is -0.374. The molecule has 0 fully saturated rings. The molecule has 3 aromatic rings. The van der Waals surface area contributed by atoms with Crippen LogP contribution >= 0.6 is 11.6 Å². The fraction of sp³-hybridized carbons (Fsp3) is 0.118. The number of Topliss-reactive ketones (excluding diaryl/α,β-unsaturated/α-hetero) is 1. The number of nitrogens with one attached hydrogen (secondary N) is 1. The van der Waals surface area contributed by atoms with Gasteiger partial charge in [0.15, 0.2) is 5.78 Å². The lowest BCUT2D eigenvalue weighted by Gasteiger charge is -2.03. The number of aromatic amines is 1. The number of fused-ring (bicyclic) bond motifs is 1. The van der Waals surface area contributed by atoms with Gasteiger partial charge in [-0.3, -0.25) is 4.79 Å². The van der Waals surface area contributed by atoms with Crippen LogP contribution in [0.2, 0.25) is 0 Å². The number of alkyl halides is 1. The Bertz CT molecular complexity index is 821. The molecule has 1 aromatic heterocycles. The molecule has 0 aliphatic carbocycles. The lowest BCUT2D eigenvalue weighted by molar-refractivity contribution is 0.102. The predicted molar refractivity (Wildman–Crippen MR) is 83.5 cm³/mol. The highest BCUT2D eigenvalue weighted by molar-refractivity contribution is 6.33. The summed E-state index contributed by atoms with van der Waals surface area (Å²) >= 11 is 5.71. The third-order valence-corrected chi connectivity index (χ3v) is 3.74. The van der Waals surface area contributed by atoms with E-state index in [1.54, 1.807) is 6.07 Å². The highest BCUT2D eigenvalue weighted by Gasteiger charge is 2.19. The molecular weight excluding hydrogens is 289 g/mol. The average Bonchev–Trinajstić information content (AvgIpc) is 2.85. The summed E-state index contributed by atoms with van der Waals surface area (Å²) in [5.41, 5.74) is 3.86. The van der Waals surface area contributed by atoms with Crippen molar-refractivity contribution < 1.29 is 9.18 Å². The maximum atomic E-state index is 13.5. The molecule has 1 N–H and O–H groups in total. The standard InChI is InChI=1S/C17H13ClFNO/c1-10-2-4-11(5-3-10)17-16(15(21)9-18)13-8-12(19)6-7-14(13)20-17/h2-8,20H,9H2,1H3. The van der Waals surface area contributed by atoms with Gasteiger partial charge < -0.3 is 4.98 Å². The normalized spacial score (nSPS) is 11.0. The molecule has 0 radical (unpaired) electrons. The summed E-state index contributed by atoms with van der Waals surface area (Å²) in [7, 11) is 0. The number of aromatic nitrogens is 1. The molecule has 2 aromatic carbocycles. The van der Waals surface area contributed by atoms with Gasteiger partial charge in [-0.2, -0.15) is 0 Å². The molecule has 2 nitrogen and oxygen atoms in total.